The fraction of sp³-hybridized carbons (Fsp3) is 0.600. The quantitative estimate of drug-likeness (QED) is 0.862. The molecule has 0 saturated heterocycles. The first-order chi connectivity index (χ1) is 9.99. The molecule has 1 atom stereocenters. The van der Waals surface area contributed by atoms with E-state index < -0.39 is 6.04 Å². The molecule has 1 N–H and O–H groups in total. The monoisotopic (exact) mass is 289 g/mol. The number of carbonyl (C=O) groups excluding carboxylic acids is 1. The summed E-state index contributed by atoms with van der Waals surface area (Å²) in [5, 5.41) is 20.7. The number of hydrogen-bond donors (Lipinski definition) is 1. The maximum Gasteiger partial charge on any atom is 0.244 e. The summed E-state index contributed by atoms with van der Waals surface area (Å²) in [5.41, 5.74) is 2.23. The van der Waals surface area contributed by atoms with Gasteiger partial charge in [0.2, 0.25) is 5.91 Å². The van der Waals surface area contributed by atoms with Crippen molar-refractivity contribution in [3.8, 4) is 6.07 Å². The molecular formula is C15H23N5O. The van der Waals surface area contributed by atoms with Gasteiger partial charge in [-0.15, -0.1) is 5.10 Å². The molecule has 6 heteroatoms. The number of aryl methyl sites for hydroxylation is 1. The van der Waals surface area contributed by atoms with E-state index >= 15 is 0 Å². The average molecular weight is 289 g/mol. The summed E-state index contributed by atoms with van der Waals surface area (Å²) in [6, 6.07) is 1.74. The highest BCUT2D eigenvalue weighted by Gasteiger charge is 2.20. The van der Waals surface area contributed by atoms with Gasteiger partial charge in [-0.2, -0.15) is 10.4 Å². The minimum absolute atomic E-state index is 0.0409. The summed E-state index contributed by atoms with van der Waals surface area (Å²) in [7, 11) is 1.75. The van der Waals surface area contributed by atoms with Crippen LogP contribution in [0.5, 0.6) is 0 Å². The first kappa shape index (κ1) is 16.9. The molecule has 1 heterocycles. The van der Waals surface area contributed by atoms with Crippen molar-refractivity contribution in [1.29, 1.82) is 5.26 Å². The Hall–Kier alpha value is -2.16. The van der Waals surface area contributed by atoms with Crippen molar-refractivity contribution in [3.63, 3.8) is 0 Å². The fourth-order valence-electron chi connectivity index (χ4n) is 2.15. The van der Waals surface area contributed by atoms with Crippen LogP contribution in [0.15, 0.2) is 0 Å². The van der Waals surface area contributed by atoms with Gasteiger partial charge in [-0.25, -0.2) is 0 Å². The first-order valence-electron chi connectivity index (χ1n) is 7.30. The predicted octanol–water partition coefficient (Wildman–Crippen LogP) is 1.75. The largest absolute Gasteiger partial charge is 0.356 e. The topological polar surface area (TPSA) is 81.9 Å². The number of anilines is 1. The van der Waals surface area contributed by atoms with E-state index in [2.05, 4.69) is 21.6 Å². The molecule has 1 amide bonds. The maximum absolute atomic E-state index is 12.1. The molecule has 1 unspecified atom stereocenters. The second-order valence-electron chi connectivity index (χ2n) is 4.89. The summed E-state index contributed by atoms with van der Waals surface area (Å²) in [4.78, 5) is 13.7. The third-order valence-corrected chi connectivity index (χ3v) is 3.53. The van der Waals surface area contributed by atoms with Gasteiger partial charge in [-0.1, -0.05) is 13.8 Å². The van der Waals surface area contributed by atoms with Crippen LogP contribution in [-0.2, 0) is 17.6 Å². The molecule has 0 bridgehead atoms. The molecule has 0 fully saturated rings. The summed E-state index contributed by atoms with van der Waals surface area (Å²) in [6.45, 7) is 8.28. The number of nitriles is 1. The lowest BCUT2D eigenvalue weighted by molar-refractivity contribution is -0.130. The van der Waals surface area contributed by atoms with Crippen molar-refractivity contribution < 1.29 is 4.79 Å². The lowest BCUT2D eigenvalue weighted by atomic mass is 10.0. The Morgan fingerprint density at radius 2 is 2.00 bits per heavy atom. The van der Waals surface area contributed by atoms with Crippen molar-refractivity contribution in [1.82, 2.24) is 15.1 Å². The molecule has 0 aromatic carbocycles. The highest BCUT2D eigenvalue weighted by molar-refractivity contribution is 5.84. The van der Waals surface area contributed by atoms with E-state index in [1.807, 2.05) is 20.8 Å². The van der Waals surface area contributed by atoms with Crippen LogP contribution in [0.25, 0.3) is 0 Å². The molecule has 0 radical (unpaired) electrons. The van der Waals surface area contributed by atoms with E-state index in [-0.39, 0.29) is 5.91 Å². The number of hydrogen-bond acceptors (Lipinski definition) is 5. The molecule has 0 spiro atoms. The number of amides is 1. The van der Waals surface area contributed by atoms with Crippen molar-refractivity contribution in [3.05, 3.63) is 16.8 Å². The Bertz CT molecular complexity index is 550. The van der Waals surface area contributed by atoms with Gasteiger partial charge in [0.1, 0.15) is 17.7 Å². The molecule has 6 nitrogen and oxygen atoms in total. The molecule has 1 rings (SSSR count). The minimum Gasteiger partial charge on any atom is -0.356 e. The summed E-state index contributed by atoms with van der Waals surface area (Å²) < 4.78 is 0. The van der Waals surface area contributed by atoms with Gasteiger partial charge in [0.25, 0.3) is 0 Å². The number of carbonyl (C=O) groups is 1. The lowest BCUT2D eigenvalue weighted by Gasteiger charge is -2.21. The highest BCUT2D eigenvalue weighted by Crippen LogP contribution is 2.20. The Morgan fingerprint density at radius 1 is 1.33 bits per heavy atom. The second-order valence-corrected chi connectivity index (χ2v) is 4.89. The molecule has 0 saturated carbocycles. The van der Waals surface area contributed by atoms with Gasteiger partial charge in [0.15, 0.2) is 5.82 Å². The lowest BCUT2D eigenvalue weighted by Crippen LogP contribution is -2.39. The Labute approximate surface area is 126 Å². The van der Waals surface area contributed by atoms with E-state index in [4.69, 9.17) is 0 Å². The molecule has 0 aliphatic carbocycles. The summed E-state index contributed by atoms with van der Waals surface area (Å²) in [6.07, 6.45) is 1.45. The number of likely N-dealkylation sites (N-methyl/N-ethyl adjacent to an activating group) is 1. The first-order valence-corrected chi connectivity index (χ1v) is 7.30. The zero-order valence-electron chi connectivity index (χ0n) is 13.4. The number of nitrogens with one attached hydrogen (secondary N) is 1. The van der Waals surface area contributed by atoms with Crippen LogP contribution in [-0.4, -0.2) is 40.6 Å². The highest BCUT2D eigenvalue weighted by atomic mass is 16.2. The molecular weight excluding hydrogens is 266 g/mol. The normalized spacial score (nSPS) is 11.6. The number of rotatable bonds is 6. The second kappa shape index (κ2) is 7.58. The minimum atomic E-state index is -0.450. The van der Waals surface area contributed by atoms with Crippen molar-refractivity contribution in [2.45, 2.75) is 46.6 Å². The predicted molar refractivity (Wildman–Crippen MR) is 81.9 cm³/mol. The van der Waals surface area contributed by atoms with Gasteiger partial charge >= 0.3 is 0 Å². The van der Waals surface area contributed by atoms with E-state index in [1.165, 1.54) is 0 Å². The molecule has 1 aromatic rings. The Balaban J connectivity index is 3.10. The summed E-state index contributed by atoms with van der Waals surface area (Å²) >= 11 is 0. The van der Waals surface area contributed by atoms with Crippen LogP contribution in [0.1, 0.15) is 44.5 Å². The molecule has 0 aliphatic heterocycles. The van der Waals surface area contributed by atoms with Crippen molar-refractivity contribution >= 4 is 11.7 Å². The smallest absolute Gasteiger partial charge is 0.244 e. The Morgan fingerprint density at radius 3 is 2.48 bits per heavy atom. The van der Waals surface area contributed by atoms with Crippen LogP contribution in [0.2, 0.25) is 0 Å². The van der Waals surface area contributed by atoms with Crippen LogP contribution in [0, 0.1) is 11.3 Å². The number of aromatic nitrogens is 2. The van der Waals surface area contributed by atoms with Gasteiger partial charge in [0.05, 0.1) is 5.69 Å². The van der Waals surface area contributed by atoms with Crippen LogP contribution in [0.3, 0.4) is 0 Å². The third kappa shape index (κ3) is 3.69. The van der Waals surface area contributed by atoms with Gasteiger partial charge in [-0.3, -0.25) is 4.79 Å². The van der Waals surface area contributed by atoms with E-state index in [0.29, 0.717) is 24.3 Å². The van der Waals surface area contributed by atoms with E-state index in [0.717, 1.165) is 17.7 Å². The van der Waals surface area contributed by atoms with Crippen molar-refractivity contribution in [2.24, 2.45) is 0 Å². The van der Waals surface area contributed by atoms with E-state index in [9.17, 15) is 10.1 Å². The van der Waals surface area contributed by atoms with Crippen LogP contribution in [0.4, 0.5) is 5.82 Å². The zero-order valence-corrected chi connectivity index (χ0v) is 13.4. The summed E-state index contributed by atoms with van der Waals surface area (Å²) in [5.74, 6) is 0.345. The molecule has 21 heavy (non-hydrogen) atoms. The van der Waals surface area contributed by atoms with Gasteiger partial charge < -0.3 is 10.2 Å². The van der Waals surface area contributed by atoms with Crippen LogP contribution >= 0.6 is 0 Å². The number of nitrogens with zero attached hydrogens (tertiary/aromatic N) is 4. The third-order valence-electron chi connectivity index (χ3n) is 3.53. The van der Waals surface area contributed by atoms with Crippen molar-refractivity contribution in [2.75, 3.05) is 18.9 Å². The maximum atomic E-state index is 12.1. The SMILES string of the molecule is CCc1nnc(NC(C)C(=O)N(C)CC)c(C#N)c1CC. The molecule has 1 aromatic heterocycles. The van der Waals surface area contributed by atoms with Crippen LogP contribution < -0.4 is 5.32 Å². The zero-order chi connectivity index (χ0) is 16.0. The Kier molecular flexibility index (Phi) is 6.10. The fourth-order valence-corrected chi connectivity index (χ4v) is 2.15. The van der Waals surface area contributed by atoms with Gasteiger partial charge in [-0.05, 0) is 32.3 Å². The van der Waals surface area contributed by atoms with E-state index in [1.54, 1.807) is 18.9 Å². The molecule has 114 valence electrons. The average Bonchev–Trinajstić information content (AvgIpc) is 2.52. The molecule has 0 aliphatic rings. The standard InChI is InChI=1S/C15H23N5O/c1-6-11-12(9-16)14(19-18-13(11)7-2)17-10(4)15(21)20(5)8-3/h10H,6-8H2,1-5H3,(H,17,19). The van der Waals surface area contributed by atoms with Gasteiger partial charge in [0, 0.05) is 13.6 Å².